The first kappa shape index (κ1) is 12.7. The standard InChI is InChI=1S/C13H11NO5/c15-11-6-10(13(16)17)14(18)7-12(11)19-8-9-4-2-1-3-5-9/h1-7,18H,8H2,(H,16,17). The van der Waals surface area contributed by atoms with Gasteiger partial charge in [-0.25, -0.2) is 4.79 Å². The van der Waals surface area contributed by atoms with Crippen LogP contribution in [0.2, 0.25) is 0 Å². The summed E-state index contributed by atoms with van der Waals surface area (Å²) in [7, 11) is 0. The minimum absolute atomic E-state index is 0.114. The van der Waals surface area contributed by atoms with E-state index in [0.717, 1.165) is 17.8 Å². The number of pyridine rings is 1. The predicted molar refractivity (Wildman–Crippen MR) is 65.6 cm³/mol. The number of benzene rings is 1. The number of aromatic nitrogens is 1. The number of nitrogens with zero attached hydrogens (tertiary/aromatic N) is 1. The van der Waals surface area contributed by atoms with Gasteiger partial charge in [0.15, 0.2) is 11.4 Å². The second-order valence-corrected chi connectivity index (χ2v) is 3.81. The average Bonchev–Trinajstić information content (AvgIpc) is 2.40. The molecule has 0 unspecified atom stereocenters. The number of carbonyl (C=O) groups is 1. The van der Waals surface area contributed by atoms with Crippen LogP contribution in [0.5, 0.6) is 5.75 Å². The molecule has 0 atom stereocenters. The number of rotatable bonds is 4. The van der Waals surface area contributed by atoms with Crippen LogP contribution in [0.25, 0.3) is 0 Å². The topological polar surface area (TPSA) is 88.8 Å². The Morgan fingerprint density at radius 3 is 2.58 bits per heavy atom. The maximum absolute atomic E-state index is 11.6. The van der Waals surface area contributed by atoms with Crippen LogP contribution in [0.1, 0.15) is 16.1 Å². The van der Waals surface area contributed by atoms with E-state index >= 15 is 0 Å². The summed E-state index contributed by atoms with van der Waals surface area (Å²) in [4.78, 5) is 22.3. The van der Waals surface area contributed by atoms with E-state index in [2.05, 4.69) is 0 Å². The highest BCUT2D eigenvalue weighted by molar-refractivity contribution is 5.85. The van der Waals surface area contributed by atoms with Crippen LogP contribution in [0.3, 0.4) is 0 Å². The van der Waals surface area contributed by atoms with Gasteiger partial charge in [0.25, 0.3) is 0 Å². The van der Waals surface area contributed by atoms with E-state index < -0.39 is 17.1 Å². The number of hydrogen-bond acceptors (Lipinski definition) is 4. The van der Waals surface area contributed by atoms with Gasteiger partial charge in [-0.2, -0.15) is 4.73 Å². The zero-order chi connectivity index (χ0) is 13.8. The van der Waals surface area contributed by atoms with Crippen molar-refractivity contribution in [2.45, 2.75) is 6.61 Å². The third kappa shape index (κ3) is 2.92. The third-order valence-corrected chi connectivity index (χ3v) is 2.45. The lowest BCUT2D eigenvalue weighted by molar-refractivity contribution is 0.0638. The van der Waals surface area contributed by atoms with Crippen LogP contribution in [-0.2, 0) is 6.61 Å². The fraction of sp³-hybridized carbons (Fsp3) is 0.0769. The van der Waals surface area contributed by atoms with Crippen molar-refractivity contribution in [3.8, 4) is 5.75 Å². The van der Waals surface area contributed by atoms with Crippen molar-refractivity contribution in [2.75, 3.05) is 0 Å². The molecule has 0 aliphatic rings. The average molecular weight is 261 g/mol. The smallest absolute Gasteiger partial charge is 0.356 e. The Balaban J connectivity index is 2.20. The van der Waals surface area contributed by atoms with Crippen LogP contribution in [0.4, 0.5) is 0 Å². The Hall–Kier alpha value is -2.76. The Labute approximate surface area is 108 Å². The molecule has 0 saturated heterocycles. The number of ether oxygens (including phenoxy) is 1. The number of carboxylic acids is 1. The van der Waals surface area contributed by atoms with E-state index in [0.29, 0.717) is 4.73 Å². The zero-order valence-corrected chi connectivity index (χ0v) is 9.81. The Morgan fingerprint density at radius 1 is 1.26 bits per heavy atom. The van der Waals surface area contributed by atoms with E-state index in [-0.39, 0.29) is 12.4 Å². The summed E-state index contributed by atoms with van der Waals surface area (Å²) in [5.74, 6) is -1.51. The van der Waals surface area contributed by atoms with Crippen LogP contribution in [-0.4, -0.2) is 21.0 Å². The first-order valence-corrected chi connectivity index (χ1v) is 5.44. The van der Waals surface area contributed by atoms with Gasteiger partial charge in [-0.1, -0.05) is 30.3 Å². The first-order chi connectivity index (χ1) is 9.08. The summed E-state index contributed by atoms with van der Waals surface area (Å²) < 4.78 is 5.60. The maximum Gasteiger partial charge on any atom is 0.356 e. The SMILES string of the molecule is O=C(O)c1cc(=O)c(OCc2ccccc2)cn1O. The maximum atomic E-state index is 11.6. The van der Waals surface area contributed by atoms with Gasteiger partial charge >= 0.3 is 5.97 Å². The lowest BCUT2D eigenvalue weighted by Gasteiger charge is -2.08. The molecule has 0 aliphatic heterocycles. The van der Waals surface area contributed by atoms with Crippen molar-refractivity contribution in [1.29, 1.82) is 0 Å². The van der Waals surface area contributed by atoms with Gasteiger partial charge in [-0.05, 0) is 5.56 Å². The van der Waals surface area contributed by atoms with E-state index in [1.165, 1.54) is 0 Å². The first-order valence-electron chi connectivity index (χ1n) is 5.44. The van der Waals surface area contributed by atoms with E-state index in [9.17, 15) is 14.8 Å². The monoisotopic (exact) mass is 261 g/mol. The molecule has 2 aromatic rings. The summed E-state index contributed by atoms with van der Waals surface area (Å²) >= 11 is 0. The fourth-order valence-electron chi connectivity index (χ4n) is 1.51. The van der Waals surface area contributed by atoms with Crippen molar-refractivity contribution >= 4 is 5.97 Å². The summed E-state index contributed by atoms with van der Waals surface area (Å²) in [6, 6.07) is 9.97. The van der Waals surface area contributed by atoms with E-state index in [4.69, 9.17) is 9.84 Å². The van der Waals surface area contributed by atoms with E-state index in [1.807, 2.05) is 30.3 Å². The van der Waals surface area contributed by atoms with Crippen molar-refractivity contribution in [3.63, 3.8) is 0 Å². The summed E-state index contributed by atoms with van der Waals surface area (Å²) in [6.07, 6.45) is 0.939. The molecule has 2 rings (SSSR count). The quantitative estimate of drug-likeness (QED) is 0.811. The van der Waals surface area contributed by atoms with E-state index in [1.54, 1.807) is 0 Å². The van der Waals surface area contributed by atoms with Crippen LogP contribution in [0.15, 0.2) is 47.4 Å². The lowest BCUT2D eigenvalue weighted by atomic mass is 10.2. The van der Waals surface area contributed by atoms with Crippen LogP contribution >= 0.6 is 0 Å². The molecule has 6 nitrogen and oxygen atoms in total. The molecule has 1 aromatic heterocycles. The molecule has 0 saturated carbocycles. The molecule has 6 heteroatoms. The van der Waals surface area contributed by atoms with Crippen molar-refractivity contribution in [2.24, 2.45) is 0 Å². The number of aromatic carboxylic acids is 1. The second-order valence-electron chi connectivity index (χ2n) is 3.81. The summed E-state index contributed by atoms with van der Waals surface area (Å²) in [6.45, 7) is 0.155. The molecular weight excluding hydrogens is 250 g/mol. The summed E-state index contributed by atoms with van der Waals surface area (Å²) in [5, 5.41) is 18.1. The van der Waals surface area contributed by atoms with Gasteiger partial charge in [0.2, 0.25) is 5.43 Å². The number of carboxylic acid groups (broad SMARTS) is 1. The highest BCUT2D eigenvalue weighted by Gasteiger charge is 2.12. The fourth-order valence-corrected chi connectivity index (χ4v) is 1.51. The Kier molecular flexibility index (Phi) is 3.51. The lowest BCUT2D eigenvalue weighted by Crippen LogP contribution is -2.17. The summed E-state index contributed by atoms with van der Waals surface area (Å²) in [5.41, 5.74) is -0.260. The molecular formula is C13H11NO5. The number of hydrogen-bond donors (Lipinski definition) is 2. The van der Waals surface area contributed by atoms with Gasteiger partial charge in [0.1, 0.15) is 6.61 Å². The highest BCUT2D eigenvalue weighted by Crippen LogP contribution is 2.08. The minimum atomic E-state index is -1.39. The predicted octanol–water partition coefficient (Wildman–Crippen LogP) is 1.36. The molecule has 1 heterocycles. The van der Waals surface area contributed by atoms with Gasteiger partial charge in [0, 0.05) is 6.07 Å². The van der Waals surface area contributed by atoms with Crippen LogP contribution < -0.4 is 10.2 Å². The molecule has 0 radical (unpaired) electrons. The molecule has 0 bridgehead atoms. The molecule has 98 valence electrons. The molecule has 2 N–H and O–H groups in total. The van der Waals surface area contributed by atoms with Crippen LogP contribution in [0, 0.1) is 0 Å². The van der Waals surface area contributed by atoms with Gasteiger partial charge < -0.3 is 15.1 Å². The van der Waals surface area contributed by atoms with Crippen molar-refractivity contribution < 1.29 is 19.8 Å². The Bertz CT molecular complexity index is 648. The molecule has 0 amide bonds. The third-order valence-electron chi connectivity index (χ3n) is 2.45. The van der Waals surface area contributed by atoms with Crippen molar-refractivity contribution in [3.05, 3.63) is 64.1 Å². The second kappa shape index (κ2) is 5.26. The van der Waals surface area contributed by atoms with Gasteiger partial charge in [0.05, 0.1) is 6.20 Å². The molecule has 0 spiro atoms. The molecule has 0 aliphatic carbocycles. The van der Waals surface area contributed by atoms with Gasteiger partial charge in [-0.15, -0.1) is 0 Å². The normalized spacial score (nSPS) is 10.1. The molecule has 1 aromatic carbocycles. The van der Waals surface area contributed by atoms with Gasteiger partial charge in [-0.3, -0.25) is 4.79 Å². The molecule has 0 fully saturated rings. The zero-order valence-electron chi connectivity index (χ0n) is 9.81. The largest absolute Gasteiger partial charge is 0.483 e. The molecule has 19 heavy (non-hydrogen) atoms. The van der Waals surface area contributed by atoms with Crippen molar-refractivity contribution in [1.82, 2.24) is 4.73 Å². The Morgan fingerprint density at radius 2 is 1.95 bits per heavy atom. The minimum Gasteiger partial charge on any atom is -0.483 e. The highest BCUT2D eigenvalue weighted by atomic mass is 16.5.